The first-order valence-electron chi connectivity index (χ1n) is 8.85. The van der Waals surface area contributed by atoms with Gasteiger partial charge in [0.25, 0.3) is 0 Å². The summed E-state index contributed by atoms with van der Waals surface area (Å²) in [6, 6.07) is 9.82. The number of benzene rings is 1. The monoisotopic (exact) mass is 338 g/mol. The molecule has 1 fully saturated rings. The largest absolute Gasteiger partial charge is 0.344 e. The van der Waals surface area contributed by atoms with Crippen LogP contribution in [0.15, 0.2) is 35.8 Å². The van der Waals surface area contributed by atoms with Crippen LogP contribution in [0.2, 0.25) is 0 Å². The number of anilines is 1. The van der Waals surface area contributed by atoms with Crippen LogP contribution in [0.4, 0.5) is 5.69 Å². The number of thiophene rings is 1. The standard InChI is InChI=1S/C21H26N2S/c1-14-5-6-19-17(11-14)18-13-22(4)9-7-20(18)23(19)12-16(3)21-15(2)8-10-24-21/h5-6,8,10-12,18,20H,7,9,13H2,1-4H3/b16-12+. The van der Waals surface area contributed by atoms with Crippen LogP contribution in [0, 0.1) is 13.8 Å². The van der Waals surface area contributed by atoms with Crippen molar-refractivity contribution in [2.24, 2.45) is 0 Å². The summed E-state index contributed by atoms with van der Waals surface area (Å²) in [5.41, 5.74) is 7.10. The average molecular weight is 339 g/mol. The lowest BCUT2D eigenvalue weighted by molar-refractivity contribution is 0.235. The minimum atomic E-state index is 0.605. The van der Waals surface area contributed by atoms with Gasteiger partial charge in [-0.05, 0) is 75.0 Å². The zero-order valence-corrected chi connectivity index (χ0v) is 15.9. The van der Waals surface area contributed by atoms with Gasteiger partial charge in [-0.15, -0.1) is 11.3 Å². The van der Waals surface area contributed by atoms with Gasteiger partial charge in [0, 0.05) is 35.3 Å². The van der Waals surface area contributed by atoms with Crippen molar-refractivity contribution in [1.29, 1.82) is 0 Å². The zero-order valence-electron chi connectivity index (χ0n) is 15.0. The number of likely N-dealkylation sites (N-methyl/N-ethyl adjacent to an activating group) is 1. The van der Waals surface area contributed by atoms with Crippen LogP contribution >= 0.6 is 11.3 Å². The Bertz CT molecular complexity index is 789. The molecule has 2 aliphatic heterocycles. The number of hydrogen-bond donors (Lipinski definition) is 0. The first kappa shape index (κ1) is 15.9. The summed E-state index contributed by atoms with van der Waals surface area (Å²) in [6.45, 7) is 9.04. The van der Waals surface area contributed by atoms with E-state index in [4.69, 9.17) is 0 Å². The van der Waals surface area contributed by atoms with Gasteiger partial charge in [-0.1, -0.05) is 17.7 Å². The number of rotatable bonds is 2. The Morgan fingerprint density at radius 2 is 2.08 bits per heavy atom. The second-order valence-electron chi connectivity index (χ2n) is 7.44. The molecule has 1 saturated heterocycles. The number of hydrogen-bond acceptors (Lipinski definition) is 3. The van der Waals surface area contributed by atoms with Crippen LogP contribution in [0.5, 0.6) is 0 Å². The highest BCUT2D eigenvalue weighted by Gasteiger charge is 2.40. The summed E-state index contributed by atoms with van der Waals surface area (Å²) in [5, 5.41) is 2.20. The summed E-state index contributed by atoms with van der Waals surface area (Å²) >= 11 is 1.85. The molecule has 2 aromatic rings. The molecule has 0 aliphatic carbocycles. The Morgan fingerprint density at radius 3 is 2.83 bits per heavy atom. The fourth-order valence-electron chi connectivity index (χ4n) is 4.34. The van der Waals surface area contributed by atoms with Crippen molar-refractivity contribution in [2.75, 3.05) is 25.0 Å². The van der Waals surface area contributed by atoms with Gasteiger partial charge < -0.3 is 9.80 Å². The normalized spacial score (nSPS) is 24.2. The van der Waals surface area contributed by atoms with Gasteiger partial charge in [0.05, 0.1) is 0 Å². The maximum atomic E-state index is 2.57. The van der Waals surface area contributed by atoms with Crippen LogP contribution in [0.3, 0.4) is 0 Å². The SMILES string of the molecule is C/C(=C\N1c2ccc(C)cc2C2CN(C)CCC21)c1sccc1C. The summed E-state index contributed by atoms with van der Waals surface area (Å²) < 4.78 is 0. The fourth-order valence-corrected chi connectivity index (χ4v) is 5.24. The van der Waals surface area contributed by atoms with Gasteiger partial charge in [0.15, 0.2) is 0 Å². The van der Waals surface area contributed by atoms with Crippen LogP contribution in [0.1, 0.15) is 40.8 Å². The van der Waals surface area contributed by atoms with E-state index >= 15 is 0 Å². The van der Waals surface area contributed by atoms with Crippen molar-refractivity contribution in [3.8, 4) is 0 Å². The third-order valence-electron chi connectivity index (χ3n) is 5.55. The molecule has 0 spiro atoms. The van der Waals surface area contributed by atoms with Crippen molar-refractivity contribution < 1.29 is 0 Å². The molecule has 0 radical (unpaired) electrons. The third kappa shape index (κ3) is 2.60. The van der Waals surface area contributed by atoms with Gasteiger partial charge in [0.1, 0.15) is 0 Å². The first-order chi connectivity index (χ1) is 11.5. The van der Waals surface area contributed by atoms with E-state index in [9.17, 15) is 0 Å². The minimum absolute atomic E-state index is 0.605. The lowest BCUT2D eigenvalue weighted by atomic mass is 9.89. The van der Waals surface area contributed by atoms with Gasteiger partial charge in [-0.2, -0.15) is 0 Å². The van der Waals surface area contributed by atoms with E-state index in [1.54, 1.807) is 5.56 Å². The highest BCUT2D eigenvalue weighted by Crippen LogP contribution is 2.45. The molecule has 2 atom stereocenters. The molecule has 0 N–H and O–H groups in total. The van der Waals surface area contributed by atoms with E-state index in [0.29, 0.717) is 12.0 Å². The summed E-state index contributed by atoms with van der Waals surface area (Å²) in [6.07, 6.45) is 3.64. The summed E-state index contributed by atoms with van der Waals surface area (Å²) in [7, 11) is 2.25. The molecule has 0 saturated carbocycles. The number of aryl methyl sites for hydroxylation is 2. The molecule has 2 nitrogen and oxygen atoms in total. The Kier molecular flexibility index (Phi) is 4.01. The summed E-state index contributed by atoms with van der Waals surface area (Å²) in [5.74, 6) is 0.632. The molecule has 126 valence electrons. The molecule has 0 bridgehead atoms. The Labute approximate surface area is 149 Å². The van der Waals surface area contributed by atoms with Crippen molar-refractivity contribution in [3.63, 3.8) is 0 Å². The molecule has 3 heterocycles. The lowest BCUT2D eigenvalue weighted by Gasteiger charge is -2.36. The van der Waals surface area contributed by atoms with Crippen LogP contribution in [-0.2, 0) is 0 Å². The number of nitrogens with zero attached hydrogens (tertiary/aromatic N) is 2. The average Bonchev–Trinajstić information content (AvgIpc) is 3.10. The van der Waals surface area contributed by atoms with E-state index in [-0.39, 0.29) is 0 Å². The molecule has 24 heavy (non-hydrogen) atoms. The van der Waals surface area contributed by atoms with Crippen LogP contribution in [0.25, 0.3) is 5.57 Å². The van der Waals surface area contributed by atoms with Gasteiger partial charge in [-0.25, -0.2) is 0 Å². The van der Waals surface area contributed by atoms with Crippen LogP contribution < -0.4 is 4.90 Å². The molecule has 1 aromatic carbocycles. The highest BCUT2D eigenvalue weighted by molar-refractivity contribution is 7.11. The van der Waals surface area contributed by atoms with E-state index in [1.807, 2.05) is 11.3 Å². The summed E-state index contributed by atoms with van der Waals surface area (Å²) in [4.78, 5) is 6.47. The topological polar surface area (TPSA) is 6.48 Å². The molecule has 2 unspecified atom stereocenters. The second kappa shape index (κ2) is 6.05. The molecule has 2 aliphatic rings. The van der Waals surface area contributed by atoms with E-state index in [2.05, 4.69) is 73.5 Å². The van der Waals surface area contributed by atoms with Crippen molar-refractivity contribution in [1.82, 2.24) is 4.90 Å². The number of piperidine rings is 1. The Balaban J connectivity index is 1.76. The third-order valence-corrected chi connectivity index (χ3v) is 6.70. The molecule has 3 heteroatoms. The number of likely N-dealkylation sites (tertiary alicyclic amines) is 1. The van der Waals surface area contributed by atoms with E-state index < -0.39 is 0 Å². The van der Waals surface area contributed by atoms with Crippen molar-refractivity contribution >= 4 is 22.6 Å². The lowest BCUT2D eigenvalue weighted by Crippen LogP contribution is -2.43. The van der Waals surface area contributed by atoms with Gasteiger partial charge in [0.2, 0.25) is 0 Å². The number of allylic oxidation sites excluding steroid dienone is 1. The number of fused-ring (bicyclic) bond motifs is 3. The zero-order chi connectivity index (χ0) is 16.8. The predicted octanol–water partition coefficient (Wildman–Crippen LogP) is 5.03. The molecule has 1 aromatic heterocycles. The highest BCUT2D eigenvalue weighted by atomic mass is 32.1. The van der Waals surface area contributed by atoms with E-state index in [1.165, 1.54) is 46.8 Å². The smallest absolute Gasteiger partial charge is 0.0445 e. The minimum Gasteiger partial charge on any atom is -0.344 e. The molecule has 0 amide bonds. The quantitative estimate of drug-likeness (QED) is 0.757. The van der Waals surface area contributed by atoms with Crippen molar-refractivity contribution in [3.05, 3.63) is 57.4 Å². The Hall–Kier alpha value is -1.58. The predicted molar refractivity (Wildman–Crippen MR) is 105 cm³/mol. The van der Waals surface area contributed by atoms with Gasteiger partial charge >= 0.3 is 0 Å². The van der Waals surface area contributed by atoms with E-state index in [0.717, 1.165) is 0 Å². The maximum absolute atomic E-state index is 2.57. The Morgan fingerprint density at radius 1 is 1.25 bits per heavy atom. The molecular formula is C21H26N2S. The fraction of sp³-hybridized carbons (Fsp3) is 0.429. The van der Waals surface area contributed by atoms with Crippen molar-refractivity contribution in [2.45, 2.75) is 39.2 Å². The second-order valence-corrected chi connectivity index (χ2v) is 8.36. The first-order valence-corrected chi connectivity index (χ1v) is 9.73. The van der Waals surface area contributed by atoms with Gasteiger partial charge in [-0.3, -0.25) is 0 Å². The van der Waals surface area contributed by atoms with Crippen LogP contribution in [-0.4, -0.2) is 31.1 Å². The molecular weight excluding hydrogens is 312 g/mol. The maximum Gasteiger partial charge on any atom is 0.0445 e. The molecule has 4 rings (SSSR count).